The van der Waals surface area contributed by atoms with Crippen LogP contribution in [-0.4, -0.2) is 32.3 Å². The minimum atomic E-state index is -0.556. The largest absolute Gasteiger partial charge is 0.493 e. The van der Waals surface area contributed by atoms with Gasteiger partial charge in [-0.1, -0.05) is 55.0 Å². The van der Waals surface area contributed by atoms with Crippen LogP contribution >= 0.6 is 15.9 Å². The Kier molecular flexibility index (Phi) is 11.4. The van der Waals surface area contributed by atoms with E-state index in [1.165, 1.54) is 39.7 Å². The first-order valence-electron chi connectivity index (χ1n) is 11.0. The lowest BCUT2D eigenvalue weighted by Crippen LogP contribution is -2.17. The van der Waals surface area contributed by atoms with Crippen molar-refractivity contribution in [3.63, 3.8) is 0 Å². The number of unbranched alkanes of at least 4 members (excludes halogenated alkanes) is 5. The zero-order valence-electron chi connectivity index (χ0n) is 19.4. The number of hydrogen-bond donors (Lipinski definition) is 1. The molecule has 0 unspecified atom stereocenters. The molecule has 1 amide bonds. The smallest absolute Gasteiger partial charge is 0.343 e. The molecule has 0 aliphatic heterocycles. The molecule has 0 atom stereocenters. The summed E-state index contributed by atoms with van der Waals surface area (Å²) in [5.74, 6) is 0.562. The van der Waals surface area contributed by atoms with Crippen molar-refractivity contribution in [3.8, 4) is 17.2 Å². The zero-order chi connectivity index (χ0) is 24.1. The Balaban J connectivity index is 1.98. The molecular formula is C25H31BrN2O5. The Bertz CT molecular complexity index is 962. The lowest BCUT2D eigenvalue weighted by atomic mass is 10.1. The maximum absolute atomic E-state index is 12.7. The van der Waals surface area contributed by atoms with Crippen LogP contribution in [0.1, 0.15) is 67.8 Å². The molecule has 7 nitrogen and oxygen atoms in total. The standard InChI is InChI=1S/C25H31BrN2O5/c1-4-5-6-7-8-9-10-24(29)28-27-17-19-15-20(26)12-14-21(19)33-25(30)18-11-13-22(31-2)23(16-18)32-3/h11-17H,4-10H2,1-3H3,(H,28,29)/b27-17-. The van der Waals surface area contributed by atoms with E-state index in [0.717, 1.165) is 23.7 Å². The fourth-order valence-corrected chi connectivity index (χ4v) is 3.51. The molecule has 2 rings (SSSR count). The fourth-order valence-electron chi connectivity index (χ4n) is 3.13. The molecule has 0 fully saturated rings. The highest BCUT2D eigenvalue weighted by Gasteiger charge is 2.15. The highest BCUT2D eigenvalue weighted by atomic mass is 79.9. The van der Waals surface area contributed by atoms with Gasteiger partial charge in [-0.15, -0.1) is 0 Å². The summed E-state index contributed by atoms with van der Waals surface area (Å²) in [4.78, 5) is 24.7. The van der Waals surface area contributed by atoms with Gasteiger partial charge in [-0.05, 0) is 42.8 Å². The van der Waals surface area contributed by atoms with Crippen LogP contribution in [0.5, 0.6) is 17.2 Å². The van der Waals surface area contributed by atoms with Crippen molar-refractivity contribution in [2.45, 2.75) is 51.9 Å². The predicted molar refractivity (Wildman–Crippen MR) is 132 cm³/mol. The zero-order valence-corrected chi connectivity index (χ0v) is 20.9. The van der Waals surface area contributed by atoms with Gasteiger partial charge in [0, 0.05) is 16.5 Å². The number of hydrogen-bond acceptors (Lipinski definition) is 6. The number of nitrogens with zero attached hydrogens (tertiary/aromatic N) is 1. The van der Waals surface area contributed by atoms with Crippen molar-refractivity contribution in [3.05, 3.63) is 52.0 Å². The molecular weight excluding hydrogens is 488 g/mol. The Hall–Kier alpha value is -2.87. The third-order valence-electron chi connectivity index (χ3n) is 4.94. The van der Waals surface area contributed by atoms with E-state index in [4.69, 9.17) is 14.2 Å². The van der Waals surface area contributed by atoms with Gasteiger partial charge in [0.25, 0.3) is 0 Å². The maximum Gasteiger partial charge on any atom is 0.343 e. The van der Waals surface area contributed by atoms with Gasteiger partial charge in [-0.2, -0.15) is 5.10 Å². The van der Waals surface area contributed by atoms with E-state index in [9.17, 15) is 9.59 Å². The van der Waals surface area contributed by atoms with Crippen LogP contribution in [0.3, 0.4) is 0 Å². The first kappa shape index (κ1) is 26.4. The molecule has 178 valence electrons. The summed E-state index contributed by atoms with van der Waals surface area (Å²) >= 11 is 3.40. The summed E-state index contributed by atoms with van der Waals surface area (Å²) < 4.78 is 16.8. The highest BCUT2D eigenvalue weighted by Crippen LogP contribution is 2.29. The lowest BCUT2D eigenvalue weighted by Gasteiger charge is -2.11. The number of halogens is 1. The third-order valence-corrected chi connectivity index (χ3v) is 5.44. The molecule has 0 aromatic heterocycles. The van der Waals surface area contributed by atoms with E-state index >= 15 is 0 Å². The lowest BCUT2D eigenvalue weighted by molar-refractivity contribution is -0.121. The molecule has 0 heterocycles. The van der Waals surface area contributed by atoms with Crippen molar-refractivity contribution in [2.24, 2.45) is 5.10 Å². The van der Waals surface area contributed by atoms with Gasteiger partial charge in [-0.3, -0.25) is 4.79 Å². The SMILES string of the molecule is CCCCCCCCC(=O)N/N=C\c1cc(Br)ccc1OC(=O)c1ccc(OC)c(OC)c1. The summed E-state index contributed by atoms with van der Waals surface area (Å²) in [5.41, 5.74) is 3.39. The number of amides is 1. The van der Waals surface area contributed by atoms with Gasteiger partial charge in [0.15, 0.2) is 11.5 Å². The van der Waals surface area contributed by atoms with E-state index in [0.29, 0.717) is 34.8 Å². The number of nitrogens with one attached hydrogen (secondary N) is 1. The van der Waals surface area contributed by atoms with Crippen molar-refractivity contribution in [1.29, 1.82) is 0 Å². The summed E-state index contributed by atoms with van der Waals surface area (Å²) in [6.07, 6.45) is 8.58. The summed E-state index contributed by atoms with van der Waals surface area (Å²) in [7, 11) is 3.02. The van der Waals surface area contributed by atoms with Gasteiger partial charge in [-0.25, -0.2) is 10.2 Å². The van der Waals surface area contributed by atoms with Gasteiger partial charge in [0.1, 0.15) is 5.75 Å². The van der Waals surface area contributed by atoms with Crippen LogP contribution in [0.15, 0.2) is 46.0 Å². The number of hydrazone groups is 1. The van der Waals surface area contributed by atoms with Crippen LogP contribution in [-0.2, 0) is 4.79 Å². The van der Waals surface area contributed by atoms with Crippen molar-refractivity contribution >= 4 is 34.0 Å². The van der Waals surface area contributed by atoms with Crippen molar-refractivity contribution in [2.75, 3.05) is 14.2 Å². The normalized spacial score (nSPS) is 10.8. The number of methoxy groups -OCH3 is 2. The second kappa shape index (κ2) is 14.3. The van der Waals surface area contributed by atoms with Gasteiger partial charge < -0.3 is 14.2 Å². The molecule has 0 spiro atoms. The van der Waals surface area contributed by atoms with E-state index in [-0.39, 0.29) is 5.91 Å². The van der Waals surface area contributed by atoms with Gasteiger partial charge in [0.2, 0.25) is 5.91 Å². The van der Waals surface area contributed by atoms with Crippen LogP contribution in [0, 0.1) is 0 Å². The highest BCUT2D eigenvalue weighted by molar-refractivity contribution is 9.10. The van der Waals surface area contributed by atoms with E-state index in [2.05, 4.69) is 33.4 Å². The number of carbonyl (C=O) groups excluding carboxylic acids is 2. The Morgan fingerprint density at radius 3 is 2.36 bits per heavy atom. The van der Waals surface area contributed by atoms with E-state index in [1.54, 1.807) is 36.4 Å². The van der Waals surface area contributed by atoms with Gasteiger partial charge >= 0.3 is 5.97 Å². The predicted octanol–water partition coefficient (Wildman–Crippen LogP) is 5.89. The minimum absolute atomic E-state index is 0.138. The molecule has 0 aliphatic carbocycles. The molecule has 0 saturated heterocycles. The van der Waals surface area contributed by atoms with E-state index < -0.39 is 5.97 Å². The van der Waals surface area contributed by atoms with E-state index in [1.807, 2.05) is 0 Å². The first-order valence-corrected chi connectivity index (χ1v) is 11.8. The number of rotatable bonds is 13. The molecule has 2 aromatic rings. The average Bonchev–Trinajstić information content (AvgIpc) is 2.82. The number of esters is 1. The quantitative estimate of drug-likeness (QED) is 0.117. The minimum Gasteiger partial charge on any atom is -0.493 e. The number of carbonyl (C=O) groups is 2. The van der Waals surface area contributed by atoms with Gasteiger partial charge in [0.05, 0.1) is 26.0 Å². The molecule has 8 heteroatoms. The van der Waals surface area contributed by atoms with Crippen molar-refractivity contribution in [1.82, 2.24) is 5.43 Å². The summed E-state index contributed by atoms with van der Waals surface area (Å²) in [6.45, 7) is 2.18. The second-order valence-electron chi connectivity index (χ2n) is 7.45. The van der Waals surface area contributed by atoms with Crippen LogP contribution in [0.25, 0.3) is 0 Å². The fraction of sp³-hybridized carbons (Fsp3) is 0.400. The number of ether oxygens (including phenoxy) is 3. The molecule has 1 N–H and O–H groups in total. The molecule has 0 radical (unpaired) electrons. The van der Waals surface area contributed by atoms with Crippen molar-refractivity contribution < 1.29 is 23.8 Å². The maximum atomic E-state index is 12.7. The Labute approximate surface area is 203 Å². The molecule has 0 aliphatic rings. The van der Waals surface area contributed by atoms with Crippen LogP contribution < -0.4 is 19.6 Å². The monoisotopic (exact) mass is 518 g/mol. The topological polar surface area (TPSA) is 86.2 Å². The molecule has 0 bridgehead atoms. The Morgan fingerprint density at radius 1 is 0.939 bits per heavy atom. The summed E-state index contributed by atoms with van der Waals surface area (Å²) in [5, 5.41) is 4.03. The molecule has 33 heavy (non-hydrogen) atoms. The average molecular weight is 519 g/mol. The molecule has 0 saturated carbocycles. The second-order valence-corrected chi connectivity index (χ2v) is 8.37. The van der Waals surface area contributed by atoms with Crippen LogP contribution in [0.4, 0.5) is 0 Å². The third kappa shape index (κ3) is 8.88. The first-order chi connectivity index (χ1) is 16.0. The summed E-state index contributed by atoms with van der Waals surface area (Å²) in [6, 6.07) is 9.95. The van der Waals surface area contributed by atoms with Crippen LogP contribution in [0.2, 0.25) is 0 Å². The Morgan fingerprint density at radius 2 is 1.64 bits per heavy atom. The molecule has 2 aromatic carbocycles. The number of benzene rings is 2.